The Morgan fingerprint density at radius 3 is 2.42 bits per heavy atom. The lowest BCUT2D eigenvalue weighted by atomic mass is 10.2. The number of ether oxygens (including phenoxy) is 1. The van der Waals surface area contributed by atoms with Crippen molar-refractivity contribution in [2.75, 3.05) is 26.0 Å². The standard InChI is InChI=1S/C18H21ClN2O4S/c1-12-5-7-15(26(23,24)21(3)4)10-16(12)20-18(22)11-25-17-8-6-14(19)9-13(17)2/h5-10H,11H2,1-4H3,(H,20,22). The summed E-state index contributed by atoms with van der Waals surface area (Å²) in [6.45, 7) is 3.41. The van der Waals surface area contributed by atoms with Crippen molar-refractivity contribution in [3.8, 4) is 5.75 Å². The van der Waals surface area contributed by atoms with Crippen molar-refractivity contribution < 1.29 is 17.9 Å². The van der Waals surface area contributed by atoms with Gasteiger partial charge in [0, 0.05) is 24.8 Å². The third-order valence-electron chi connectivity index (χ3n) is 3.76. The average Bonchev–Trinajstić information content (AvgIpc) is 2.55. The number of anilines is 1. The molecule has 0 aliphatic heterocycles. The van der Waals surface area contributed by atoms with E-state index < -0.39 is 10.0 Å². The van der Waals surface area contributed by atoms with Crippen LogP contribution in [0.15, 0.2) is 41.3 Å². The molecule has 26 heavy (non-hydrogen) atoms. The SMILES string of the molecule is Cc1ccc(S(=O)(=O)N(C)C)cc1NC(=O)COc1ccc(Cl)cc1C. The molecule has 6 nitrogen and oxygen atoms in total. The Morgan fingerprint density at radius 1 is 1.12 bits per heavy atom. The number of halogens is 1. The summed E-state index contributed by atoms with van der Waals surface area (Å²) in [6.07, 6.45) is 0. The van der Waals surface area contributed by atoms with Crippen LogP contribution in [-0.2, 0) is 14.8 Å². The molecule has 0 atom stereocenters. The second-order valence-electron chi connectivity index (χ2n) is 6.01. The van der Waals surface area contributed by atoms with Gasteiger partial charge in [0.1, 0.15) is 5.75 Å². The maximum Gasteiger partial charge on any atom is 0.262 e. The molecule has 0 saturated heterocycles. The van der Waals surface area contributed by atoms with Gasteiger partial charge in [0.2, 0.25) is 10.0 Å². The molecule has 0 fully saturated rings. The van der Waals surface area contributed by atoms with E-state index in [0.717, 1.165) is 15.4 Å². The molecule has 2 rings (SSSR count). The van der Waals surface area contributed by atoms with Gasteiger partial charge in [-0.2, -0.15) is 0 Å². The minimum absolute atomic E-state index is 0.109. The molecule has 8 heteroatoms. The number of carbonyl (C=O) groups is 1. The molecule has 0 bridgehead atoms. The minimum atomic E-state index is -3.58. The number of aryl methyl sites for hydroxylation is 2. The molecule has 0 aromatic heterocycles. The zero-order valence-electron chi connectivity index (χ0n) is 15.0. The summed E-state index contributed by atoms with van der Waals surface area (Å²) in [5.74, 6) is 0.173. The lowest BCUT2D eigenvalue weighted by Crippen LogP contribution is -2.23. The predicted octanol–water partition coefficient (Wildman–Crippen LogP) is 3.22. The van der Waals surface area contributed by atoms with E-state index in [4.69, 9.17) is 16.3 Å². The molecule has 0 heterocycles. The lowest BCUT2D eigenvalue weighted by molar-refractivity contribution is -0.118. The average molecular weight is 397 g/mol. The van der Waals surface area contributed by atoms with Gasteiger partial charge in [0.15, 0.2) is 6.61 Å². The topological polar surface area (TPSA) is 75.7 Å². The van der Waals surface area contributed by atoms with E-state index in [-0.39, 0.29) is 17.4 Å². The van der Waals surface area contributed by atoms with Gasteiger partial charge in [-0.3, -0.25) is 4.79 Å². The first-order chi connectivity index (χ1) is 12.1. The van der Waals surface area contributed by atoms with Crippen molar-refractivity contribution in [2.45, 2.75) is 18.7 Å². The van der Waals surface area contributed by atoms with Crippen LogP contribution in [0.3, 0.4) is 0 Å². The number of carbonyl (C=O) groups excluding carboxylic acids is 1. The van der Waals surface area contributed by atoms with Crippen molar-refractivity contribution in [2.24, 2.45) is 0 Å². The van der Waals surface area contributed by atoms with Crippen LogP contribution in [0.25, 0.3) is 0 Å². The van der Waals surface area contributed by atoms with Crippen LogP contribution in [0.1, 0.15) is 11.1 Å². The van der Waals surface area contributed by atoms with E-state index in [2.05, 4.69) is 5.32 Å². The fourth-order valence-electron chi connectivity index (χ4n) is 2.21. The van der Waals surface area contributed by atoms with Crippen LogP contribution >= 0.6 is 11.6 Å². The summed E-state index contributed by atoms with van der Waals surface area (Å²) >= 11 is 5.89. The van der Waals surface area contributed by atoms with Crippen molar-refractivity contribution in [1.82, 2.24) is 4.31 Å². The predicted molar refractivity (Wildman–Crippen MR) is 102 cm³/mol. The van der Waals surface area contributed by atoms with E-state index in [1.807, 2.05) is 6.92 Å². The van der Waals surface area contributed by atoms with Gasteiger partial charge in [-0.05, 0) is 55.3 Å². The number of sulfonamides is 1. The van der Waals surface area contributed by atoms with E-state index >= 15 is 0 Å². The fraction of sp³-hybridized carbons (Fsp3) is 0.278. The third kappa shape index (κ3) is 4.75. The van der Waals surface area contributed by atoms with E-state index in [9.17, 15) is 13.2 Å². The lowest BCUT2D eigenvalue weighted by Gasteiger charge is -2.15. The highest BCUT2D eigenvalue weighted by Gasteiger charge is 2.18. The monoisotopic (exact) mass is 396 g/mol. The summed E-state index contributed by atoms with van der Waals surface area (Å²) in [4.78, 5) is 12.3. The maximum atomic E-state index is 12.2. The molecule has 2 aromatic carbocycles. The Bertz CT molecular complexity index is 927. The molecule has 0 radical (unpaired) electrons. The van der Waals surface area contributed by atoms with Gasteiger partial charge >= 0.3 is 0 Å². The van der Waals surface area contributed by atoms with E-state index in [1.165, 1.54) is 26.2 Å². The molecule has 1 amide bonds. The summed E-state index contributed by atoms with van der Waals surface area (Å²) in [5.41, 5.74) is 1.99. The Morgan fingerprint density at radius 2 is 1.81 bits per heavy atom. The molecule has 0 aliphatic rings. The van der Waals surface area contributed by atoms with Gasteiger partial charge in [0.25, 0.3) is 5.91 Å². The second-order valence-corrected chi connectivity index (χ2v) is 8.60. The molecule has 0 aliphatic carbocycles. The van der Waals surface area contributed by atoms with Gasteiger partial charge in [-0.1, -0.05) is 17.7 Å². The summed E-state index contributed by atoms with van der Waals surface area (Å²) in [6, 6.07) is 9.72. The molecule has 1 N–H and O–H groups in total. The Balaban J connectivity index is 2.11. The number of hydrogen-bond donors (Lipinski definition) is 1. The van der Waals surface area contributed by atoms with E-state index in [1.54, 1.807) is 31.2 Å². The Labute approximate surface area is 158 Å². The minimum Gasteiger partial charge on any atom is -0.483 e. The highest BCUT2D eigenvalue weighted by Crippen LogP contribution is 2.23. The zero-order valence-corrected chi connectivity index (χ0v) is 16.6. The van der Waals surface area contributed by atoms with Crippen LogP contribution in [0.5, 0.6) is 5.75 Å². The van der Waals surface area contributed by atoms with Crippen molar-refractivity contribution >= 4 is 33.2 Å². The van der Waals surface area contributed by atoms with Crippen LogP contribution in [0.4, 0.5) is 5.69 Å². The zero-order chi connectivity index (χ0) is 19.5. The highest BCUT2D eigenvalue weighted by atomic mass is 35.5. The number of rotatable bonds is 6. The number of amides is 1. The number of nitrogens with one attached hydrogen (secondary N) is 1. The van der Waals surface area contributed by atoms with Crippen LogP contribution in [-0.4, -0.2) is 39.3 Å². The number of hydrogen-bond acceptors (Lipinski definition) is 4. The van der Waals surface area contributed by atoms with Gasteiger partial charge in [-0.15, -0.1) is 0 Å². The number of nitrogens with zero attached hydrogens (tertiary/aromatic N) is 1. The summed E-state index contributed by atoms with van der Waals surface area (Å²) in [7, 11) is -0.670. The maximum absolute atomic E-state index is 12.2. The normalized spacial score (nSPS) is 11.5. The largest absolute Gasteiger partial charge is 0.483 e. The van der Waals surface area contributed by atoms with Crippen LogP contribution in [0, 0.1) is 13.8 Å². The first-order valence-corrected chi connectivity index (χ1v) is 9.65. The molecular formula is C18H21ClN2O4S. The van der Waals surface area contributed by atoms with Gasteiger partial charge in [-0.25, -0.2) is 12.7 Å². The van der Waals surface area contributed by atoms with Crippen molar-refractivity contribution in [1.29, 1.82) is 0 Å². The molecule has 2 aromatic rings. The molecule has 0 spiro atoms. The van der Waals surface area contributed by atoms with Crippen molar-refractivity contribution in [3.05, 3.63) is 52.5 Å². The van der Waals surface area contributed by atoms with Gasteiger partial charge in [0.05, 0.1) is 4.90 Å². The smallest absolute Gasteiger partial charge is 0.262 e. The quantitative estimate of drug-likeness (QED) is 0.813. The van der Waals surface area contributed by atoms with Crippen molar-refractivity contribution in [3.63, 3.8) is 0 Å². The summed E-state index contributed by atoms with van der Waals surface area (Å²) < 4.78 is 31.1. The van der Waals surface area contributed by atoms with E-state index in [0.29, 0.717) is 16.5 Å². The second kappa shape index (κ2) is 8.07. The molecule has 140 valence electrons. The Kier molecular flexibility index (Phi) is 6.28. The molecule has 0 unspecified atom stereocenters. The highest BCUT2D eigenvalue weighted by molar-refractivity contribution is 7.89. The Hall–Kier alpha value is -2.09. The first-order valence-electron chi connectivity index (χ1n) is 7.83. The number of benzene rings is 2. The van der Waals surface area contributed by atoms with Gasteiger partial charge < -0.3 is 10.1 Å². The van der Waals surface area contributed by atoms with Crippen LogP contribution < -0.4 is 10.1 Å². The fourth-order valence-corrected chi connectivity index (χ4v) is 3.37. The first kappa shape index (κ1) is 20.2. The molecule has 0 saturated carbocycles. The summed E-state index contributed by atoms with van der Waals surface area (Å²) in [5, 5.41) is 3.28. The third-order valence-corrected chi connectivity index (χ3v) is 5.80. The molecular weight excluding hydrogens is 376 g/mol. The van der Waals surface area contributed by atoms with Crippen LogP contribution in [0.2, 0.25) is 5.02 Å².